The van der Waals surface area contributed by atoms with E-state index in [1.54, 1.807) is 12.1 Å². The van der Waals surface area contributed by atoms with Gasteiger partial charge in [-0.1, -0.05) is 49.4 Å². The van der Waals surface area contributed by atoms with E-state index in [2.05, 4.69) is 22.2 Å². The third-order valence-corrected chi connectivity index (χ3v) is 6.21. The Labute approximate surface area is 189 Å². The van der Waals surface area contributed by atoms with Gasteiger partial charge in [0.1, 0.15) is 17.4 Å². The molecule has 166 valence electrons. The number of unbranched alkanes of at least 4 members (excludes halogenated alkanes) is 1. The number of carbonyl (C=O) groups is 1. The molecule has 1 aliphatic rings. The third-order valence-electron chi connectivity index (χ3n) is 5.27. The summed E-state index contributed by atoms with van der Waals surface area (Å²) in [6.07, 6.45) is 2.22. The Morgan fingerprint density at radius 1 is 1.12 bits per heavy atom. The first-order chi connectivity index (χ1) is 15.5. The number of hydrogen-bond acceptors (Lipinski definition) is 5. The molecule has 6 nitrogen and oxygen atoms in total. The molecule has 1 atom stereocenters. The number of H-pyrrole nitrogens is 1. The summed E-state index contributed by atoms with van der Waals surface area (Å²) in [6, 6.07) is 13.7. The number of halogens is 1. The normalized spacial score (nSPS) is 15.2. The van der Waals surface area contributed by atoms with Crippen LogP contribution in [-0.4, -0.2) is 22.5 Å². The summed E-state index contributed by atoms with van der Waals surface area (Å²) < 4.78 is 18.8. The lowest BCUT2D eigenvalue weighted by Crippen LogP contribution is -2.31. The van der Waals surface area contributed by atoms with Crippen molar-refractivity contribution in [1.29, 1.82) is 0 Å². The number of nitrogens with one attached hydrogen (secondary N) is 2. The van der Waals surface area contributed by atoms with Crippen LogP contribution in [-0.2, 0) is 10.5 Å². The molecule has 0 radical (unpaired) electrons. The minimum Gasteiger partial charge on any atom is -0.494 e. The smallest absolute Gasteiger partial charge is 0.257 e. The molecule has 0 saturated heterocycles. The van der Waals surface area contributed by atoms with Crippen molar-refractivity contribution in [2.24, 2.45) is 0 Å². The van der Waals surface area contributed by atoms with Gasteiger partial charge in [-0.3, -0.25) is 9.59 Å². The number of fused-ring (bicyclic) bond motifs is 1. The highest BCUT2D eigenvalue weighted by Crippen LogP contribution is 2.35. The molecule has 0 bridgehead atoms. The largest absolute Gasteiger partial charge is 0.494 e. The fraction of sp³-hybridized carbons (Fsp3) is 0.292. The maximum Gasteiger partial charge on any atom is 0.257 e. The van der Waals surface area contributed by atoms with Crippen LogP contribution in [0.2, 0.25) is 0 Å². The molecule has 0 saturated carbocycles. The van der Waals surface area contributed by atoms with Crippen LogP contribution in [0, 0.1) is 5.82 Å². The number of aromatic nitrogens is 2. The number of thioether (sulfide) groups is 1. The first-order valence-electron chi connectivity index (χ1n) is 10.6. The van der Waals surface area contributed by atoms with Gasteiger partial charge >= 0.3 is 0 Å². The number of anilines is 1. The zero-order valence-electron chi connectivity index (χ0n) is 17.7. The lowest BCUT2D eigenvalue weighted by molar-refractivity contribution is -0.116. The van der Waals surface area contributed by atoms with E-state index < -0.39 is 0 Å². The van der Waals surface area contributed by atoms with E-state index in [4.69, 9.17) is 4.74 Å². The van der Waals surface area contributed by atoms with Gasteiger partial charge in [-0.05, 0) is 41.8 Å². The quantitative estimate of drug-likeness (QED) is 0.289. The van der Waals surface area contributed by atoms with Crippen LogP contribution in [0.5, 0.6) is 5.75 Å². The fourth-order valence-corrected chi connectivity index (χ4v) is 4.38. The van der Waals surface area contributed by atoms with Gasteiger partial charge in [-0.15, -0.1) is 0 Å². The predicted octanol–water partition coefficient (Wildman–Crippen LogP) is 4.85. The van der Waals surface area contributed by atoms with Gasteiger partial charge in [-0.2, -0.15) is 0 Å². The van der Waals surface area contributed by atoms with Crippen LogP contribution in [0.1, 0.15) is 48.8 Å². The summed E-state index contributed by atoms with van der Waals surface area (Å²) in [5, 5.41) is 3.14. The number of aromatic amines is 1. The summed E-state index contributed by atoms with van der Waals surface area (Å²) in [7, 11) is 0. The highest BCUT2D eigenvalue weighted by atomic mass is 32.2. The summed E-state index contributed by atoms with van der Waals surface area (Å²) >= 11 is 1.32. The van der Waals surface area contributed by atoms with E-state index in [0.29, 0.717) is 28.9 Å². The Hall–Kier alpha value is -3.13. The molecular formula is C24H24FN3O3S. The number of nitrogens with zero attached hydrogens (tertiary/aromatic N) is 1. The van der Waals surface area contributed by atoms with Crippen molar-refractivity contribution in [2.75, 3.05) is 11.9 Å². The monoisotopic (exact) mass is 453 g/mol. The Morgan fingerprint density at radius 3 is 2.59 bits per heavy atom. The summed E-state index contributed by atoms with van der Waals surface area (Å²) in [5.74, 6) is 0.712. The van der Waals surface area contributed by atoms with E-state index in [-0.39, 0.29) is 29.6 Å². The van der Waals surface area contributed by atoms with Crippen LogP contribution < -0.4 is 15.6 Å². The van der Waals surface area contributed by atoms with Crippen molar-refractivity contribution in [3.05, 3.63) is 81.4 Å². The molecule has 1 aromatic heterocycles. The highest BCUT2D eigenvalue weighted by molar-refractivity contribution is 7.98. The van der Waals surface area contributed by atoms with Crippen LogP contribution in [0.15, 0.2) is 58.5 Å². The van der Waals surface area contributed by atoms with E-state index in [0.717, 1.165) is 29.7 Å². The van der Waals surface area contributed by atoms with E-state index in [1.807, 2.05) is 24.3 Å². The van der Waals surface area contributed by atoms with Crippen LogP contribution >= 0.6 is 11.8 Å². The Kier molecular flexibility index (Phi) is 6.90. The Balaban J connectivity index is 1.55. The zero-order chi connectivity index (χ0) is 22.5. The molecule has 0 spiro atoms. The average Bonchev–Trinajstić information content (AvgIpc) is 2.78. The first kappa shape index (κ1) is 22.1. The van der Waals surface area contributed by atoms with Gasteiger partial charge in [-0.25, -0.2) is 9.37 Å². The predicted molar refractivity (Wildman–Crippen MR) is 123 cm³/mol. The zero-order valence-corrected chi connectivity index (χ0v) is 18.5. The van der Waals surface area contributed by atoms with Crippen molar-refractivity contribution in [3.8, 4) is 5.75 Å². The molecule has 2 aromatic carbocycles. The minimum absolute atomic E-state index is 0.176. The molecule has 0 unspecified atom stereocenters. The van der Waals surface area contributed by atoms with E-state index >= 15 is 0 Å². The van der Waals surface area contributed by atoms with Crippen molar-refractivity contribution in [1.82, 2.24) is 9.97 Å². The Bertz CT molecular complexity index is 1150. The minimum atomic E-state index is -0.379. The maximum absolute atomic E-state index is 13.1. The van der Waals surface area contributed by atoms with Gasteiger partial charge in [0.15, 0.2) is 5.16 Å². The van der Waals surface area contributed by atoms with Gasteiger partial charge in [0.25, 0.3) is 5.56 Å². The second kappa shape index (κ2) is 9.99. The molecule has 32 heavy (non-hydrogen) atoms. The fourth-order valence-electron chi connectivity index (χ4n) is 3.57. The lowest BCUT2D eigenvalue weighted by atomic mass is 9.87. The highest BCUT2D eigenvalue weighted by Gasteiger charge is 2.31. The van der Waals surface area contributed by atoms with Crippen LogP contribution in [0.25, 0.3) is 0 Å². The molecule has 2 N–H and O–H groups in total. The SMILES string of the molecule is CCCCOc1ccc([C@@H]2CC(=O)Nc3nc(SCc4ccc(F)cc4)[nH]c(=O)c32)cc1. The number of hydrogen-bond donors (Lipinski definition) is 2. The number of benzene rings is 2. The first-order valence-corrected chi connectivity index (χ1v) is 11.6. The summed E-state index contributed by atoms with van der Waals surface area (Å²) in [4.78, 5) is 32.6. The number of carbonyl (C=O) groups excluding carboxylic acids is 1. The molecular weight excluding hydrogens is 429 g/mol. The molecule has 1 aliphatic heterocycles. The molecule has 4 rings (SSSR count). The topological polar surface area (TPSA) is 84.1 Å². The molecule has 1 amide bonds. The molecule has 3 aromatic rings. The van der Waals surface area contributed by atoms with Gasteiger partial charge < -0.3 is 15.0 Å². The molecule has 0 aliphatic carbocycles. The molecule has 0 fully saturated rings. The van der Waals surface area contributed by atoms with Gasteiger partial charge in [0.2, 0.25) is 5.91 Å². The van der Waals surface area contributed by atoms with Crippen molar-refractivity contribution in [3.63, 3.8) is 0 Å². The molecule has 8 heteroatoms. The van der Waals surface area contributed by atoms with E-state index in [1.165, 1.54) is 23.9 Å². The standard InChI is InChI=1S/C24H24FN3O3S/c1-2-3-12-31-18-10-6-16(7-11-18)19-13-20(29)26-22-21(19)23(30)28-24(27-22)32-14-15-4-8-17(25)9-5-15/h4-11,19H,2-3,12-14H2,1H3,(H2,26,27,28,29,30)/t19-/m0/s1. The third kappa shape index (κ3) is 5.19. The number of ether oxygens (including phenoxy) is 1. The van der Waals surface area contributed by atoms with Crippen molar-refractivity contribution >= 4 is 23.5 Å². The summed E-state index contributed by atoms with van der Waals surface area (Å²) in [6.45, 7) is 2.77. The van der Waals surface area contributed by atoms with Crippen LogP contribution in [0.3, 0.4) is 0 Å². The van der Waals surface area contributed by atoms with Crippen molar-refractivity contribution in [2.45, 2.75) is 43.0 Å². The summed E-state index contributed by atoms with van der Waals surface area (Å²) in [5.41, 5.74) is 1.95. The molecule has 2 heterocycles. The Morgan fingerprint density at radius 2 is 1.88 bits per heavy atom. The average molecular weight is 454 g/mol. The second-order valence-corrected chi connectivity index (χ2v) is 8.59. The van der Waals surface area contributed by atoms with Gasteiger partial charge in [0.05, 0.1) is 12.2 Å². The number of rotatable bonds is 8. The second-order valence-electron chi connectivity index (χ2n) is 7.62. The van der Waals surface area contributed by atoms with Gasteiger partial charge in [0, 0.05) is 18.1 Å². The van der Waals surface area contributed by atoms with E-state index in [9.17, 15) is 14.0 Å². The maximum atomic E-state index is 13.1. The number of amides is 1. The van der Waals surface area contributed by atoms with Crippen LogP contribution in [0.4, 0.5) is 10.2 Å². The van der Waals surface area contributed by atoms with Crippen molar-refractivity contribution < 1.29 is 13.9 Å². The lowest BCUT2D eigenvalue weighted by Gasteiger charge is -2.24.